The predicted molar refractivity (Wildman–Crippen MR) is 99.6 cm³/mol. The lowest BCUT2D eigenvalue weighted by Crippen LogP contribution is -2.46. The van der Waals surface area contributed by atoms with Gasteiger partial charge >= 0.3 is 0 Å². The summed E-state index contributed by atoms with van der Waals surface area (Å²) in [6.45, 7) is 9.05. The van der Waals surface area contributed by atoms with Crippen LogP contribution in [0.4, 0.5) is 0 Å². The van der Waals surface area contributed by atoms with Crippen LogP contribution in [0.15, 0.2) is 36.9 Å². The highest BCUT2D eigenvalue weighted by Gasteiger charge is 2.27. The van der Waals surface area contributed by atoms with Crippen molar-refractivity contribution in [3.63, 3.8) is 0 Å². The Morgan fingerprint density at radius 3 is 2.80 bits per heavy atom. The highest BCUT2D eigenvalue weighted by Crippen LogP contribution is 2.26. The summed E-state index contributed by atoms with van der Waals surface area (Å²) >= 11 is 1.67. The van der Waals surface area contributed by atoms with Crippen LogP contribution in [0.1, 0.15) is 36.1 Å². The Morgan fingerprint density at radius 1 is 1.40 bits per heavy atom. The summed E-state index contributed by atoms with van der Waals surface area (Å²) in [5.74, 6) is -0.171. The van der Waals surface area contributed by atoms with E-state index in [1.807, 2.05) is 16.8 Å². The van der Waals surface area contributed by atoms with Gasteiger partial charge in [0.15, 0.2) is 5.69 Å². The molecule has 0 saturated carbocycles. The smallest absolute Gasteiger partial charge is 0.272 e. The number of nitrogens with one attached hydrogen (secondary N) is 2. The minimum absolute atomic E-state index is 0.0432. The van der Waals surface area contributed by atoms with E-state index in [1.54, 1.807) is 29.9 Å². The maximum Gasteiger partial charge on any atom is 0.272 e. The van der Waals surface area contributed by atoms with Crippen LogP contribution < -0.4 is 5.32 Å². The summed E-state index contributed by atoms with van der Waals surface area (Å²) in [5.41, 5.74) is 1.18. The third-order valence-corrected chi connectivity index (χ3v) is 5.15. The van der Waals surface area contributed by atoms with E-state index in [-0.39, 0.29) is 17.4 Å². The lowest BCUT2D eigenvalue weighted by molar-refractivity contribution is 0.0887. The van der Waals surface area contributed by atoms with E-state index < -0.39 is 0 Å². The number of carbonyl (C=O) groups is 1. The first-order valence-corrected chi connectivity index (χ1v) is 9.03. The molecule has 3 rings (SSSR count). The summed E-state index contributed by atoms with van der Waals surface area (Å²) < 4.78 is 1.97. The van der Waals surface area contributed by atoms with Gasteiger partial charge in [0.1, 0.15) is 0 Å². The number of hydrogen-bond acceptors (Lipinski definition) is 4. The average Bonchev–Trinajstić information content (AvgIpc) is 3.26. The van der Waals surface area contributed by atoms with Crippen molar-refractivity contribution in [3.05, 3.63) is 47.5 Å². The van der Waals surface area contributed by atoms with Gasteiger partial charge in [0.2, 0.25) is 0 Å². The first kappa shape index (κ1) is 17.4. The molecule has 0 saturated heterocycles. The van der Waals surface area contributed by atoms with Crippen LogP contribution >= 0.6 is 11.3 Å². The quantitative estimate of drug-likeness (QED) is 0.734. The minimum atomic E-state index is -0.171. The molecule has 25 heavy (non-hydrogen) atoms. The van der Waals surface area contributed by atoms with Crippen molar-refractivity contribution < 1.29 is 4.79 Å². The van der Waals surface area contributed by atoms with Gasteiger partial charge in [-0.1, -0.05) is 20.8 Å². The van der Waals surface area contributed by atoms with E-state index >= 15 is 0 Å². The molecule has 3 aromatic rings. The van der Waals surface area contributed by atoms with Crippen molar-refractivity contribution >= 4 is 17.2 Å². The van der Waals surface area contributed by atoms with Gasteiger partial charge in [-0.3, -0.25) is 9.89 Å². The molecule has 6 nitrogen and oxygen atoms in total. The lowest BCUT2D eigenvalue weighted by Gasteiger charge is -2.31. The number of H-pyrrole nitrogens is 1. The van der Waals surface area contributed by atoms with Crippen LogP contribution in [0.5, 0.6) is 0 Å². The number of carbonyl (C=O) groups excluding carboxylic acids is 1. The molecule has 0 bridgehead atoms. The van der Waals surface area contributed by atoms with Crippen molar-refractivity contribution in [1.82, 2.24) is 25.1 Å². The summed E-state index contributed by atoms with van der Waals surface area (Å²) in [5, 5.41) is 10.3. The van der Waals surface area contributed by atoms with E-state index in [9.17, 15) is 4.79 Å². The molecule has 2 N–H and O–H groups in total. The monoisotopic (exact) mass is 357 g/mol. The van der Waals surface area contributed by atoms with Gasteiger partial charge < -0.3 is 9.88 Å². The zero-order valence-electron chi connectivity index (χ0n) is 14.9. The van der Waals surface area contributed by atoms with Crippen LogP contribution in [0.3, 0.4) is 0 Å². The van der Waals surface area contributed by atoms with Gasteiger partial charge in [0.05, 0.1) is 22.9 Å². The fourth-order valence-corrected chi connectivity index (χ4v) is 3.35. The second-order valence-electron chi connectivity index (χ2n) is 7.23. The van der Waals surface area contributed by atoms with Gasteiger partial charge in [-0.2, -0.15) is 5.10 Å². The van der Waals surface area contributed by atoms with Crippen LogP contribution in [0, 0.1) is 12.3 Å². The summed E-state index contributed by atoms with van der Waals surface area (Å²) in [6.07, 6.45) is 5.40. The highest BCUT2D eigenvalue weighted by molar-refractivity contribution is 7.15. The molecule has 0 aliphatic heterocycles. The molecule has 0 radical (unpaired) electrons. The third kappa shape index (κ3) is 4.17. The summed E-state index contributed by atoms with van der Waals surface area (Å²) in [7, 11) is 0. The Balaban J connectivity index is 1.74. The normalized spacial score (nSPS) is 13.0. The van der Waals surface area contributed by atoms with Crippen LogP contribution in [-0.4, -0.2) is 31.7 Å². The van der Waals surface area contributed by atoms with Crippen molar-refractivity contribution in [3.8, 4) is 10.6 Å². The molecule has 3 aromatic heterocycles. The Hall–Kier alpha value is -2.41. The number of rotatable bonds is 5. The molecule has 0 fully saturated rings. The first-order valence-electron chi connectivity index (χ1n) is 8.22. The molecule has 132 valence electrons. The van der Waals surface area contributed by atoms with Crippen molar-refractivity contribution in [2.45, 2.75) is 40.3 Å². The number of aromatic nitrogens is 4. The molecular weight excluding hydrogens is 334 g/mol. The fourth-order valence-electron chi connectivity index (χ4n) is 2.52. The third-order valence-electron chi connectivity index (χ3n) is 4.12. The molecule has 0 spiro atoms. The van der Waals surface area contributed by atoms with Gasteiger partial charge in [-0.05, 0) is 30.5 Å². The number of nitrogens with zero attached hydrogens (tertiary/aromatic N) is 3. The van der Waals surface area contributed by atoms with Crippen molar-refractivity contribution in [2.24, 2.45) is 5.41 Å². The first-order chi connectivity index (χ1) is 11.8. The second kappa shape index (κ2) is 6.84. The Morgan fingerprint density at radius 2 is 2.20 bits per heavy atom. The number of amides is 1. The number of thiophene rings is 1. The molecular formula is C18H23N5OS. The summed E-state index contributed by atoms with van der Waals surface area (Å²) in [6, 6.07) is 5.85. The maximum absolute atomic E-state index is 12.7. The predicted octanol–water partition coefficient (Wildman–Crippen LogP) is 3.49. The average molecular weight is 357 g/mol. The second-order valence-corrected chi connectivity index (χ2v) is 8.52. The molecule has 7 heteroatoms. The zero-order valence-corrected chi connectivity index (χ0v) is 15.7. The minimum Gasteiger partial charge on any atom is -0.346 e. The lowest BCUT2D eigenvalue weighted by atomic mass is 9.86. The Labute approximate surface area is 151 Å². The molecule has 0 aliphatic carbocycles. The van der Waals surface area contributed by atoms with Crippen LogP contribution in [-0.2, 0) is 6.54 Å². The van der Waals surface area contributed by atoms with Gasteiger partial charge in [-0.15, -0.1) is 11.3 Å². The van der Waals surface area contributed by atoms with Gasteiger partial charge in [0, 0.05) is 23.8 Å². The number of aryl methyl sites for hydroxylation is 1. The fraction of sp³-hybridized carbons (Fsp3) is 0.389. The SMILES string of the molecule is Cc1ccc(-c2cc(C(=O)N[C@H](Cn3ccnc3)C(C)(C)C)n[nH]2)s1. The zero-order chi connectivity index (χ0) is 18.0. The number of hydrogen-bond donors (Lipinski definition) is 2. The molecule has 1 atom stereocenters. The van der Waals surface area contributed by atoms with E-state index in [2.05, 4.69) is 54.3 Å². The maximum atomic E-state index is 12.7. The van der Waals surface area contributed by atoms with Crippen molar-refractivity contribution in [1.29, 1.82) is 0 Å². The highest BCUT2D eigenvalue weighted by atomic mass is 32.1. The van der Waals surface area contributed by atoms with Crippen LogP contribution in [0.2, 0.25) is 0 Å². The standard InChI is InChI=1S/C18H23N5OS/c1-12-5-6-15(25-12)13-9-14(22-21-13)17(24)20-16(18(2,3)4)10-23-8-7-19-11-23/h5-9,11,16H,10H2,1-4H3,(H,20,24)(H,21,22)/t16-/m1/s1. The molecule has 0 aliphatic rings. The van der Waals surface area contributed by atoms with Gasteiger partial charge in [-0.25, -0.2) is 4.98 Å². The van der Waals surface area contributed by atoms with Crippen molar-refractivity contribution in [2.75, 3.05) is 0 Å². The van der Waals surface area contributed by atoms with E-state index in [0.29, 0.717) is 12.2 Å². The van der Waals surface area contributed by atoms with Crippen LogP contribution in [0.25, 0.3) is 10.6 Å². The Kier molecular flexibility index (Phi) is 4.76. The largest absolute Gasteiger partial charge is 0.346 e. The Bertz CT molecular complexity index is 841. The summed E-state index contributed by atoms with van der Waals surface area (Å²) in [4.78, 5) is 19.0. The number of aromatic amines is 1. The molecule has 1 amide bonds. The van der Waals surface area contributed by atoms with Gasteiger partial charge in [0.25, 0.3) is 5.91 Å². The van der Waals surface area contributed by atoms with E-state index in [1.165, 1.54) is 4.88 Å². The van der Waals surface area contributed by atoms with E-state index in [4.69, 9.17) is 0 Å². The molecule has 0 unspecified atom stereocenters. The topological polar surface area (TPSA) is 75.6 Å². The molecule has 0 aromatic carbocycles. The molecule has 3 heterocycles. The number of imidazole rings is 1. The van der Waals surface area contributed by atoms with E-state index in [0.717, 1.165) is 10.6 Å².